The Morgan fingerprint density at radius 3 is 1.96 bits per heavy atom. The zero-order chi connectivity index (χ0) is 19.2. The van der Waals surface area contributed by atoms with Crippen molar-refractivity contribution in [1.82, 2.24) is 0 Å². The van der Waals surface area contributed by atoms with Crippen LogP contribution in [0.2, 0.25) is 0 Å². The summed E-state index contributed by atoms with van der Waals surface area (Å²) in [5.74, 6) is 2.92. The van der Waals surface area contributed by atoms with Crippen molar-refractivity contribution in [2.75, 3.05) is 13.7 Å². The van der Waals surface area contributed by atoms with Crippen LogP contribution in [-0.2, 0) is 17.6 Å². The van der Waals surface area contributed by atoms with Gasteiger partial charge in [0, 0.05) is 11.5 Å². The van der Waals surface area contributed by atoms with Crippen LogP contribution in [0.1, 0.15) is 16.7 Å². The molecule has 3 heteroatoms. The van der Waals surface area contributed by atoms with Gasteiger partial charge in [0.05, 0.1) is 13.2 Å². The summed E-state index contributed by atoms with van der Waals surface area (Å²) in [6, 6.07) is 29.1. The van der Waals surface area contributed by atoms with Gasteiger partial charge in [0.15, 0.2) is 0 Å². The minimum atomic E-state index is 0.0671. The van der Waals surface area contributed by atoms with E-state index >= 15 is 0 Å². The molecule has 1 heterocycles. The first-order valence-corrected chi connectivity index (χ1v) is 9.59. The predicted molar refractivity (Wildman–Crippen MR) is 113 cm³/mol. The zero-order valence-electron chi connectivity index (χ0n) is 16.0. The average Bonchev–Trinajstić information content (AvgIpc) is 3.25. The van der Waals surface area contributed by atoms with Crippen molar-refractivity contribution in [3.05, 3.63) is 108 Å². The first-order valence-electron chi connectivity index (χ1n) is 9.59. The van der Waals surface area contributed by atoms with Crippen LogP contribution in [0.5, 0.6) is 5.75 Å². The van der Waals surface area contributed by atoms with E-state index in [9.17, 15) is 0 Å². The fraction of sp³-hybridized carbons (Fsp3) is 0.200. The molecule has 0 saturated heterocycles. The Labute approximate surface area is 166 Å². The molecule has 1 aliphatic rings. The number of methoxy groups -OCH3 is 1. The molecule has 141 valence electrons. The Balaban J connectivity index is 1.55. The molecular formula is C25H24NO2. The van der Waals surface area contributed by atoms with E-state index in [1.54, 1.807) is 7.11 Å². The molecule has 4 rings (SSSR count). The molecule has 0 bridgehead atoms. The Bertz CT molecular complexity index is 863. The molecule has 1 atom stereocenters. The maximum absolute atomic E-state index is 5.97. The number of hydrogen-bond donors (Lipinski definition) is 0. The average molecular weight is 370 g/mol. The van der Waals surface area contributed by atoms with Crippen LogP contribution in [0.25, 0.3) is 0 Å². The molecule has 3 nitrogen and oxygen atoms in total. The molecule has 28 heavy (non-hydrogen) atoms. The number of rotatable bonds is 7. The van der Waals surface area contributed by atoms with Crippen molar-refractivity contribution >= 4 is 5.90 Å². The number of aliphatic imine (C=N–C) groups is 1. The molecule has 0 aromatic heterocycles. The van der Waals surface area contributed by atoms with Gasteiger partial charge in [0.2, 0.25) is 5.90 Å². The number of hydrogen-bond acceptors (Lipinski definition) is 3. The smallest absolute Gasteiger partial charge is 0.216 e. The third-order valence-electron chi connectivity index (χ3n) is 5.01. The van der Waals surface area contributed by atoms with Crippen molar-refractivity contribution in [3.63, 3.8) is 0 Å². The van der Waals surface area contributed by atoms with Crippen LogP contribution in [0.3, 0.4) is 0 Å². The lowest BCUT2D eigenvalue weighted by Crippen LogP contribution is -2.22. The third-order valence-corrected chi connectivity index (χ3v) is 5.01. The fourth-order valence-electron chi connectivity index (χ4n) is 3.49. The van der Waals surface area contributed by atoms with Crippen LogP contribution >= 0.6 is 0 Å². The van der Waals surface area contributed by atoms with E-state index in [0.717, 1.165) is 24.2 Å². The second kappa shape index (κ2) is 8.75. The molecule has 0 fully saturated rings. The quantitative estimate of drug-likeness (QED) is 0.592. The van der Waals surface area contributed by atoms with Gasteiger partial charge in [0.1, 0.15) is 12.4 Å². The molecular weight excluding hydrogens is 346 g/mol. The van der Waals surface area contributed by atoms with Gasteiger partial charge in [-0.3, -0.25) is 0 Å². The summed E-state index contributed by atoms with van der Waals surface area (Å²) in [6.45, 7) is 0.594. The molecule has 3 aromatic rings. The maximum Gasteiger partial charge on any atom is 0.216 e. The van der Waals surface area contributed by atoms with E-state index in [-0.39, 0.29) is 6.04 Å². The molecule has 0 N–H and O–H groups in total. The SMILES string of the molecule is COc1ccc(C2=N[C@@H]([C](Cc3ccccc3)Cc3ccccc3)CO2)cc1. The highest BCUT2D eigenvalue weighted by Gasteiger charge is 2.29. The van der Waals surface area contributed by atoms with Gasteiger partial charge >= 0.3 is 0 Å². The standard InChI is InChI=1S/C25H24NO2/c1-27-23-14-12-21(13-15-23)25-26-24(18-28-25)22(16-19-8-4-2-5-9-19)17-20-10-6-3-7-11-20/h2-15,24H,16-18H2,1H3/t24-/m1/s1. The summed E-state index contributed by atoms with van der Waals surface area (Å²) in [5, 5.41) is 0. The lowest BCUT2D eigenvalue weighted by atomic mass is 9.87. The second-order valence-electron chi connectivity index (χ2n) is 6.97. The first-order chi connectivity index (χ1) is 13.8. The number of ether oxygens (including phenoxy) is 2. The van der Waals surface area contributed by atoms with Crippen molar-refractivity contribution in [3.8, 4) is 5.75 Å². The topological polar surface area (TPSA) is 30.8 Å². The zero-order valence-corrected chi connectivity index (χ0v) is 16.0. The van der Waals surface area contributed by atoms with E-state index in [2.05, 4.69) is 60.7 Å². The van der Waals surface area contributed by atoms with Crippen molar-refractivity contribution in [2.45, 2.75) is 18.9 Å². The van der Waals surface area contributed by atoms with Gasteiger partial charge < -0.3 is 9.47 Å². The highest BCUT2D eigenvalue weighted by atomic mass is 16.5. The van der Waals surface area contributed by atoms with Gasteiger partial charge in [-0.1, -0.05) is 60.7 Å². The van der Waals surface area contributed by atoms with E-state index < -0.39 is 0 Å². The van der Waals surface area contributed by atoms with E-state index in [1.807, 2.05) is 24.3 Å². The summed E-state index contributed by atoms with van der Waals surface area (Å²) in [6.07, 6.45) is 1.81. The molecule has 1 aliphatic heterocycles. The Morgan fingerprint density at radius 2 is 1.43 bits per heavy atom. The van der Waals surface area contributed by atoms with E-state index in [4.69, 9.17) is 14.5 Å². The summed E-state index contributed by atoms with van der Waals surface area (Å²) < 4.78 is 11.2. The van der Waals surface area contributed by atoms with Gasteiger partial charge in [0.25, 0.3) is 0 Å². The van der Waals surface area contributed by atoms with Crippen LogP contribution in [0, 0.1) is 5.92 Å². The van der Waals surface area contributed by atoms with Crippen molar-refractivity contribution < 1.29 is 9.47 Å². The normalized spacial score (nSPS) is 15.9. The van der Waals surface area contributed by atoms with Crippen molar-refractivity contribution in [2.24, 2.45) is 4.99 Å². The molecule has 0 saturated carbocycles. The van der Waals surface area contributed by atoms with E-state index in [1.165, 1.54) is 17.0 Å². The first kappa shape index (κ1) is 18.3. The summed E-state index contributed by atoms with van der Waals surface area (Å²) in [5.41, 5.74) is 3.60. The van der Waals surface area contributed by atoms with Crippen LogP contribution in [-0.4, -0.2) is 25.7 Å². The van der Waals surface area contributed by atoms with E-state index in [0.29, 0.717) is 12.5 Å². The highest BCUT2D eigenvalue weighted by molar-refractivity contribution is 5.95. The molecule has 0 spiro atoms. The molecule has 0 amide bonds. The fourth-order valence-corrected chi connectivity index (χ4v) is 3.49. The predicted octanol–water partition coefficient (Wildman–Crippen LogP) is 4.90. The summed E-state index contributed by atoms with van der Waals surface area (Å²) >= 11 is 0. The molecule has 0 aliphatic carbocycles. The largest absolute Gasteiger partial charge is 0.497 e. The number of nitrogens with zero attached hydrogens (tertiary/aromatic N) is 1. The summed E-state index contributed by atoms with van der Waals surface area (Å²) in [4.78, 5) is 4.92. The Morgan fingerprint density at radius 1 is 0.857 bits per heavy atom. The lowest BCUT2D eigenvalue weighted by Gasteiger charge is -2.20. The third kappa shape index (κ3) is 4.42. The van der Waals surface area contributed by atoms with Crippen LogP contribution in [0.15, 0.2) is 89.9 Å². The number of benzene rings is 3. The monoisotopic (exact) mass is 370 g/mol. The van der Waals surface area contributed by atoms with Gasteiger partial charge in [-0.2, -0.15) is 0 Å². The Kier molecular flexibility index (Phi) is 5.72. The Hall–Kier alpha value is -3.07. The summed E-state index contributed by atoms with van der Waals surface area (Å²) in [7, 11) is 1.67. The van der Waals surface area contributed by atoms with Gasteiger partial charge in [-0.15, -0.1) is 0 Å². The maximum atomic E-state index is 5.97. The molecule has 3 aromatic carbocycles. The van der Waals surface area contributed by atoms with Crippen LogP contribution in [0.4, 0.5) is 0 Å². The molecule has 1 radical (unpaired) electrons. The van der Waals surface area contributed by atoms with Crippen LogP contribution < -0.4 is 4.74 Å². The highest BCUT2D eigenvalue weighted by Crippen LogP contribution is 2.27. The minimum absolute atomic E-state index is 0.0671. The molecule has 0 unspecified atom stereocenters. The van der Waals surface area contributed by atoms with Gasteiger partial charge in [-0.25, -0.2) is 4.99 Å². The van der Waals surface area contributed by atoms with Crippen molar-refractivity contribution in [1.29, 1.82) is 0 Å². The second-order valence-corrected chi connectivity index (χ2v) is 6.97. The lowest BCUT2D eigenvalue weighted by molar-refractivity contribution is 0.317. The minimum Gasteiger partial charge on any atom is -0.497 e. The van der Waals surface area contributed by atoms with Gasteiger partial charge in [-0.05, 0) is 48.2 Å².